The lowest BCUT2D eigenvalue weighted by Gasteiger charge is -2.28. The van der Waals surface area contributed by atoms with E-state index in [4.69, 9.17) is 0 Å². The first-order valence-electron chi connectivity index (χ1n) is 13.7. The van der Waals surface area contributed by atoms with E-state index >= 15 is 0 Å². The monoisotopic (exact) mass is 539 g/mol. The van der Waals surface area contributed by atoms with Crippen LogP contribution in [0.25, 0.3) is 0 Å². The second kappa shape index (κ2) is 18.5. The summed E-state index contributed by atoms with van der Waals surface area (Å²) in [7, 11) is 0. The molecule has 0 radical (unpaired) electrons. The Bertz CT molecular complexity index is 755. The van der Waals surface area contributed by atoms with Crippen LogP contribution >= 0.6 is 0 Å². The topological polar surface area (TPSA) is 126 Å². The van der Waals surface area contributed by atoms with Crippen molar-refractivity contribution in [3.05, 3.63) is 0 Å². The van der Waals surface area contributed by atoms with Crippen molar-refractivity contribution >= 4 is 29.5 Å². The molecule has 38 heavy (non-hydrogen) atoms. The Morgan fingerprint density at radius 3 is 0.974 bits per heavy atom. The number of hydrogen-bond donors (Lipinski definition) is 2. The van der Waals surface area contributed by atoms with E-state index in [1.54, 1.807) is 54.2 Å². The molecular weight excluding hydrogens is 490 g/mol. The molecule has 0 bridgehead atoms. The van der Waals surface area contributed by atoms with Gasteiger partial charge >= 0.3 is 0 Å². The summed E-state index contributed by atoms with van der Waals surface area (Å²) in [6, 6.07) is 0. The lowest BCUT2D eigenvalue weighted by molar-refractivity contribution is -0.133. The highest BCUT2D eigenvalue weighted by Gasteiger charge is 2.16. The molecule has 2 saturated heterocycles. The summed E-state index contributed by atoms with van der Waals surface area (Å²) < 4.78 is 0. The van der Waals surface area contributed by atoms with Crippen molar-refractivity contribution in [1.82, 2.24) is 35.1 Å². The zero-order valence-corrected chi connectivity index (χ0v) is 24.1. The number of amides is 5. The molecule has 0 unspecified atom stereocenters. The van der Waals surface area contributed by atoms with Crippen molar-refractivity contribution in [2.75, 3.05) is 91.6 Å². The molecule has 0 saturated carbocycles. The Kier molecular flexibility index (Phi) is 16.2. The van der Waals surface area contributed by atoms with Crippen molar-refractivity contribution in [2.24, 2.45) is 0 Å². The molecule has 2 fully saturated rings. The van der Waals surface area contributed by atoms with Crippen molar-refractivity contribution in [3.8, 4) is 0 Å². The number of nitrogens with zero attached hydrogens (tertiary/aromatic N) is 5. The Morgan fingerprint density at radius 1 is 0.368 bits per heavy atom. The summed E-state index contributed by atoms with van der Waals surface area (Å²) in [6.07, 6.45) is 1.61. The van der Waals surface area contributed by atoms with E-state index in [0.717, 1.165) is 52.1 Å². The second-order valence-corrected chi connectivity index (χ2v) is 9.74. The Morgan fingerprint density at radius 2 is 0.632 bits per heavy atom. The molecule has 2 rings (SSSR count). The zero-order chi connectivity index (χ0) is 28.5. The molecule has 218 valence electrons. The van der Waals surface area contributed by atoms with E-state index in [1.165, 1.54) is 0 Å². The fourth-order valence-corrected chi connectivity index (χ4v) is 4.36. The van der Waals surface area contributed by atoms with Gasteiger partial charge in [-0.15, -0.1) is 0 Å². The third kappa shape index (κ3) is 13.7. The normalized spacial score (nSPS) is 19.1. The predicted molar refractivity (Wildman–Crippen MR) is 146 cm³/mol. The molecule has 2 N–H and O–H groups in total. The first kappa shape index (κ1) is 33.3. The summed E-state index contributed by atoms with van der Waals surface area (Å²) in [5, 5.41) is 6.52. The van der Waals surface area contributed by atoms with Crippen LogP contribution < -0.4 is 10.6 Å². The van der Waals surface area contributed by atoms with Crippen LogP contribution in [0, 0.1) is 0 Å². The molecule has 0 aromatic heterocycles. The maximum absolute atomic E-state index is 11.8. The molecular formula is C26H49N7O5. The molecule has 2 aliphatic rings. The van der Waals surface area contributed by atoms with E-state index in [-0.39, 0.29) is 29.5 Å². The van der Waals surface area contributed by atoms with Crippen LogP contribution in [-0.4, -0.2) is 146 Å². The van der Waals surface area contributed by atoms with Gasteiger partial charge in [0, 0.05) is 120 Å². The van der Waals surface area contributed by atoms with Crippen molar-refractivity contribution in [2.45, 2.75) is 47.5 Å². The van der Waals surface area contributed by atoms with Crippen LogP contribution in [0.3, 0.4) is 0 Å². The summed E-state index contributed by atoms with van der Waals surface area (Å²) >= 11 is 0. The highest BCUT2D eigenvalue weighted by molar-refractivity contribution is 5.75. The minimum absolute atomic E-state index is 0.0108. The Labute approximate surface area is 228 Å². The van der Waals surface area contributed by atoms with Gasteiger partial charge in [0.15, 0.2) is 0 Å². The second-order valence-electron chi connectivity index (χ2n) is 9.74. The van der Waals surface area contributed by atoms with E-state index in [2.05, 4.69) is 10.6 Å². The van der Waals surface area contributed by atoms with Crippen LogP contribution in [0.5, 0.6) is 0 Å². The summed E-state index contributed by atoms with van der Waals surface area (Å²) in [5.41, 5.74) is 0. The summed E-state index contributed by atoms with van der Waals surface area (Å²) in [5.74, 6) is 0.264. The van der Waals surface area contributed by atoms with E-state index < -0.39 is 0 Å². The third-order valence-corrected chi connectivity index (χ3v) is 6.82. The Hall–Kier alpha value is -2.73. The minimum atomic E-state index is 0.0108. The molecule has 0 aromatic carbocycles. The smallest absolute Gasteiger partial charge is 0.219 e. The Balaban J connectivity index is 0.000000415. The van der Waals surface area contributed by atoms with Gasteiger partial charge in [-0.2, -0.15) is 0 Å². The lowest BCUT2D eigenvalue weighted by Crippen LogP contribution is -2.43. The lowest BCUT2D eigenvalue weighted by atomic mass is 10.3. The highest BCUT2D eigenvalue weighted by atomic mass is 16.2. The average molecular weight is 540 g/mol. The van der Waals surface area contributed by atoms with Crippen LogP contribution in [0.1, 0.15) is 47.5 Å². The fourth-order valence-electron chi connectivity index (χ4n) is 4.36. The number of nitrogens with one attached hydrogen (secondary N) is 2. The molecule has 12 heteroatoms. The largest absolute Gasteiger partial charge is 0.342 e. The van der Waals surface area contributed by atoms with Gasteiger partial charge in [-0.1, -0.05) is 0 Å². The van der Waals surface area contributed by atoms with Gasteiger partial charge in [0.05, 0.1) is 0 Å². The first-order valence-corrected chi connectivity index (χ1v) is 13.7. The number of hydrogen-bond acceptors (Lipinski definition) is 7. The van der Waals surface area contributed by atoms with Gasteiger partial charge in [-0.3, -0.25) is 24.0 Å². The summed E-state index contributed by atoms with van der Waals surface area (Å²) in [6.45, 7) is 17.4. The molecule has 5 amide bonds. The van der Waals surface area contributed by atoms with Crippen molar-refractivity contribution in [1.29, 1.82) is 0 Å². The number of carbonyl (C=O) groups excluding carboxylic acids is 5. The van der Waals surface area contributed by atoms with Gasteiger partial charge in [-0.05, 0) is 19.4 Å². The highest BCUT2D eigenvalue weighted by Crippen LogP contribution is 2.01. The number of carbonyl (C=O) groups is 5. The fraction of sp³-hybridized carbons (Fsp3) is 0.808. The van der Waals surface area contributed by atoms with Gasteiger partial charge < -0.3 is 35.1 Å². The molecule has 2 aliphatic heterocycles. The standard InChI is InChI=1S/C16H30N4O3.C10H19N3O2/c1-14(21)18-9-5-10-20(16(3)23)13-12-19(15(2)22)8-4-6-17-7-11-18;1-9(14)12-5-3-11-4-6-13(8-7-12)10(2)15/h17H,4-13H2,1-3H3;11H,3-8H2,1-2H3. The van der Waals surface area contributed by atoms with Crippen LogP contribution in [0.4, 0.5) is 0 Å². The SMILES string of the molecule is CC(=O)N1CCCN(C(C)=O)CCN(C(C)=O)CCCNCC1.CC(=O)N1CCNCCN(C(C)=O)CC1. The zero-order valence-electron chi connectivity index (χ0n) is 24.1. The number of rotatable bonds is 0. The van der Waals surface area contributed by atoms with Crippen LogP contribution in [-0.2, 0) is 24.0 Å². The molecule has 0 atom stereocenters. The van der Waals surface area contributed by atoms with E-state index in [0.29, 0.717) is 52.4 Å². The van der Waals surface area contributed by atoms with E-state index in [1.807, 2.05) is 4.90 Å². The molecule has 0 spiro atoms. The van der Waals surface area contributed by atoms with Gasteiger partial charge in [0.25, 0.3) is 0 Å². The summed E-state index contributed by atoms with van der Waals surface area (Å²) in [4.78, 5) is 66.5. The van der Waals surface area contributed by atoms with Crippen LogP contribution in [0.2, 0.25) is 0 Å². The van der Waals surface area contributed by atoms with E-state index in [9.17, 15) is 24.0 Å². The van der Waals surface area contributed by atoms with Gasteiger partial charge in [0.1, 0.15) is 0 Å². The third-order valence-electron chi connectivity index (χ3n) is 6.82. The quantitative estimate of drug-likeness (QED) is 0.413. The van der Waals surface area contributed by atoms with Crippen molar-refractivity contribution in [3.63, 3.8) is 0 Å². The van der Waals surface area contributed by atoms with Crippen LogP contribution in [0.15, 0.2) is 0 Å². The molecule has 0 aromatic rings. The maximum Gasteiger partial charge on any atom is 0.219 e. The average Bonchev–Trinajstić information content (AvgIpc) is 2.97. The predicted octanol–water partition coefficient (Wildman–Crippen LogP) is -0.798. The van der Waals surface area contributed by atoms with Gasteiger partial charge in [-0.25, -0.2) is 0 Å². The minimum Gasteiger partial charge on any atom is -0.342 e. The van der Waals surface area contributed by atoms with Gasteiger partial charge in [0.2, 0.25) is 29.5 Å². The molecule has 12 nitrogen and oxygen atoms in total. The molecule has 2 heterocycles. The molecule has 0 aliphatic carbocycles. The first-order chi connectivity index (χ1) is 18.0. The van der Waals surface area contributed by atoms with Crippen molar-refractivity contribution < 1.29 is 24.0 Å². The maximum atomic E-state index is 11.8.